The summed E-state index contributed by atoms with van der Waals surface area (Å²) in [5.41, 5.74) is 0. The number of esters is 1. The van der Waals surface area contributed by atoms with Crippen LogP contribution in [0.2, 0.25) is 0 Å². The quantitative estimate of drug-likeness (QED) is 0.163. The van der Waals surface area contributed by atoms with Gasteiger partial charge in [0.15, 0.2) is 5.76 Å². The Kier molecular flexibility index (Phi) is 9.76. The lowest BCUT2D eigenvalue weighted by Gasteiger charge is -2.12. The van der Waals surface area contributed by atoms with E-state index in [9.17, 15) is 9.59 Å². The van der Waals surface area contributed by atoms with Gasteiger partial charge < -0.3 is 9.15 Å². The number of ether oxygens (including phenoxy) is 1. The number of unbranched alkanes of at least 4 members (excludes halogenated alkanes) is 7. The minimum Gasteiger partial charge on any atom is -0.461 e. The molecule has 0 aliphatic rings. The molecule has 0 spiro atoms. The van der Waals surface area contributed by atoms with E-state index in [-0.39, 0.29) is 11.5 Å². The summed E-state index contributed by atoms with van der Waals surface area (Å²) in [7, 11) is 0. The van der Waals surface area contributed by atoms with Crippen LogP contribution in [0.15, 0.2) is 35.7 Å². The molecule has 1 aromatic rings. The number of rotatable bonds is 13. The van der Waals surface area contributed by atoms with Gasteiger partial charge in [-0.1, -0.05) is 64.9 Å². The summed E-state index contributed by atoms with van der Waals surface area (Å²) >= 11 is 0. The summed E-state index contributed by atoms with van der Waals surface area (Å²) in [6, 6.07) is 3.21. The van der Waals surface area contributed by atoms with E-state index in [1.165, 1.54) is 38.4 Å². The van der Waals surface area contributed by atoms with Gasteiger partial charge in [0.1, 0.15) is 5.92 Å². The van der Waals surface area contributed by atoms with Crippen molar-refractivity contribution in [3.8, 4) is 0 Å². The molecular formula is C19H28O4. The van der Waals surface area contributed by atoms with Crippen LogP contribution in [0, 0.1) is 5.92 Å². The molecule has 0 fully saturated rings. The first kappa shape index (κ1) is 19.2. The fourth-order valence-electron chi connectivity index (χ4n) is 2.59. The van der Waals surface area contributed by atoms with Gasteiger partial charge in [-0.3, -0.25) is 9.59 Å². The largest absolute Gasteiger partial charge is 0.461 e. The van der Waals surface area contributed by atoms with Crippen molar-refractivity contribution in [3.05, 3.63) is 37.0 Å². The van der Waals surface area contributed by atoms with Crippen LogP contribution in [0.4, 0.5) is 0 Å². The molecule has 1 rings (SSSR count). The Hall–Kier alpha value is -1.84. The molecule has 0 radical (unpaired) electrons. The zero-order valence-corrected chi connectivity index (χ0v) is 14.1. The second kappa shape index (κ2) is 11.7. The van der Waals surface area contributed by atoms with Gasteiger partial charge in [0.2, 0.25) is 5.78 Å². The van der Waals surface area contributed by atoms with Gasteiger partial charge in [0, 0.05) is 0 Å². The first-order valence-electron chi connectivity index (χ1n) is 8.59. The van der Waals surface area contributed by atoms with Gasteiger partial charge in [-0.05, 0) is 18.6 Å². The Bertz CT molecular complexity index is 462. The smallest absolute Gasteiger partial charge is 0.321 e. The fraction of sp³-hybridized carbons (Fsp3) is 0.579. The highest BCUT2D eigenvalue weighted by molar-refractivity contribution is 6.07. The van der Waals surface area contributed by atoms with Gasteiger partial charge in [-0.25, -0.2) is 0 Å². The van der Waals surface area contributed by atoms with Crippen molar-refractivity contribution in [2.75, 3.05) is 0 Å². The molecule has 1 aromatic heterocycles. The minimum atomic E-state index is -0.806. The van der Waals surface area contributed by atoms with Crippen molar-refractivity contribution >= 4 is 11.8 Å². The van der Waals surface area contributed by atoms with E-state index in [1.54, 1.807) is 12.1 Å². The Morgan fingerprint density at radius 3 is 2.39 bits per heavy atom. The highest BCUT2D eigenvalue weighted by atomic mass is 16.5. The number of carbonyl (C=O) groups excluding carboxylic acids is 2. The molecule has 0 aliphatic heterocycles. The number of carbonyl (C=O) groups is 2. The molecule has 1 unspecified atom stereocenters. The highest BCUT2D eigenvalue weighted by Crippen LogP contribution is 2.19. The lowest BCUT2D eigenvalue weighted by molar-refractivity contribution is -0.141. The number of furan rings is 1. The first-order valence-corrected chi connectivity index (χ1v) is 8.59. The summed E-state index contributed by atoms with van der Waals surface area (Å²) < 4.78 is 9.91. The van der Waals surface area contributed by atoms with E-state index < -0.39 is 11.9 Å². The number of hydrogen-bond acceptors (Lipinski definition) is 4. The molecule has 1 heterocycles. The monoisotopic (exact) mass is 320 g/mol. The molecule has 128 valence electrons. The van der Waals surface area contributed by atoms with Crippen LogP contribution in [0.25, 0.3) is 0 Å². The second-order valence-electron chi connectivity index (χ2n) is 5.76. The van der Waals surface area contributed by atoms with Gasteiger partial charge in [0.05, 0.1) is 12.5 Å². The third kappa shape index (κ3) is 7.31. The molecule has 0 N–H and O–H groups in total. The third-order valence-corrected chi connectivity index (χ3v) is 3.91. The predicted molar refractivity (Wildman–Crippen MR) is 90.0 cm³/mol. The van der Waals surface area contributed by atoms with Gasteiger partial charge in [-0.15, -0.1) is 0 Å². The number of ketones is 1. The topological polar surface area (TPSA) is 56.5 Å². The summed E-state index contributed by atoms with van der Waals surface area (Å²) in [5, 5.41) is 0. The van der Waals surface area contributed by atoms with Crippen molar-refractivity contribution < 1.29 is 18.7 Å². The molecule has 0 amide bonds. The summed E-state index contributed by atoms with van der Waals surface area (Å²) in [4.78, 5) is 24.3. The Morgan fingerprint density at radius 1 is 1.17 bits per heavy atom. The second-order valence-corrected chi connectivity index (χ2v) is 5.76. The molecule has 0 aromatic carbocycles. The molecule has 4 nitrogen and oxygen atoms in total. The SMILES string of the molecule is C=COC(=O)C(CCCCCCCCCC)C(=O)c1ccco1. The molecule has 0 saturated carbocycles. The van der Waals surface area contributed by atoms with Crippen LogP contribution in [0.1, 0.15) is 75.3 Å². The van der Waals surface area contributed by atoms with Crippen LogP contribution >= 0.6 is 0 Å². The standard InChI is InChI=1S/C19H28O4/c1-3-5-6-7-8-9-10-11-13-16(19(21)22-4-2)18(20)17-14-12-15-23-17/h4,12,14-16H,2-3,5-11,13H2,1H3. The maximum absolute atomic E-state index is 12.3. The van der Waals surface area contributed by atoms with E-state index in [1.807, 2.05) is 0 Å². The zero-order chi connectivity index (χ0) is 16.9. The Labute approximate surface area is 138 Å². The van der Waals surface area contributed by atoms with E-state index >= 15 is 0 Å². The molecule has 1 atom stereocenters. The summed E-state index contributed by atoms with van der Waals surface area (Å²) in [6.45, 7) is 5.58. The van der Waals surface area contributed by atoms with Crippen LogP contribution < -0.4 is 0 Å². The van der Waals surface area contributed by atoms with Crippen LogP contribution in [-0.4, -0.2) is 11.8 Å². The van der Waals surface area contributed by atoms with Gasteiger partial charge in [0.25, 0.3) is 0 Å². The van der Waals surface area contributed by atoms with Crippen LogP contribution in [0.5, 0.6) is 0 Å². The summed E-state index contributed by atoms with van der Waals surface area (Å²) in [6.07, 6.45) is 12.3. The summed E-state index contributed by atoms with van der Waals surface area (Å²) in [5.74, 6) is -1.47. The van der Waals surface area contributed by atoms with Gasteiger partial charge >= 0.3 is 5.97 Å². The zero-order valence-electron chi connectivity index (χ0n) is 14.1. The molecule has 0 saturated heterocycles. The van der Waals surface area contributed by atoms with Crippen molar-refractivity contribution in [2.45, 2.75) is 64.7 Å². The molecule has 0 bridgehead atoms. The molecular weight excluding hydrogens is 292 g/mol. The first-order chi connectivity index (χ1) is 11.2. The maximum atomic E-state index is 12.3. The van der Waals surface area contributed by atoms with E-state index in [0.717, 1.165) is 25.5 Å². The van der Waals surface area contributed by atoms with Crippen molar-refractivity contribution in [3.63, 3.8) is 0 Å². The average Bonchev–Trinajstić information content (AvgIpc) is 3.07. The fourth-order valence-corrected chi connectivity index (χ4v) is 2.59. The van der Waals surface area contributed by atoms with E-state index in [4.69, 9.17) is 9.15 Å². The normalized spacial score (nSPS) is 11.9. The Morgan fingerprint density at radius 2 is 1.83 bits per heavy atom. The van der Waals surface area contributed by atoms with E-state index in [2.05, 4.69) is 13.5 Å². The van der Waals surface area contributed by atoms with Crippen molar-refractivity contribution in [2.24, 2.45) is 5.92 Å². The van der Waals surface area contributed by atoms with Crippen molar-refractivity contribution in [1.29, 1.82) is 0 Å². The lowest BCUT2D eigenvalue weighted by Crippen LogP contribution is -2.25. The third-order valence-electron chi connectivity index (χ3n) is 3.91. The van der Waals surface area contributed by atoms with Crippen molar-refractivity contribution in [1.82, 2.24) is 0 Å². The number of Topliss-reactive ketones (excluding diaryl/α,β-unsaturated/α-hetero) is 1. The average molecular weight is 320 g/mol. The molecule has 4 heteroatoms. The molecule has 23 heavy (non-hydrogen) atoms. The molecule has 0 aliphatic carbocycles. The minimum absolute atomic E-state index is 0.204. The highest BCUT2D eigenvalue weighted by Gasteiger charge is 2.29. The number of hydrogen-bond donors (Lipinski definition) is 0. The predicted octanol–water partition coefficient (Wildman–Crippen LogP) is 5.30. The van der Waals surface area contributed by atoms with E-state index in [0.29, 0.717) is 6.42 Å². The van der Waals surface area contributed by atoms with Crippen LogP contribution in [0.3, 0.4) is 0 Å². The van der Waals surface area contributed by atoms with Gasteiger partial charge in [-0.2, -0.15) is 0 Å². The maximum Gasteiger partial charge on any atom is 0.321 e. The van der Waals surface area contributed by atoms with Crippen LogP contribution in [-0.2, 0) is 9.53 Å². The lowest BCUT2D eigenvalue weighted by atomic mass is 9.95. The Balaban J connectivity index is 2.37.